The number of fused-ring (bicyclic) bond motifs is 4. The Morgan fingerprint density at radius 2 is 1.75 bits per heavy atom. The first-order valence-electron chi connectivity index (χ1n) is 9.39. The zero-order chi connectivity index (χ0) is 17.5. The largest absolute Gasteiger partial charge is 0.348 e. The van der Waals surface area contributed by atoms with Crippen LogP contribution >= 0.6 is 0 Å². The monoisotopic (exact) mass is 331 g/mol. The lowest BCUT2D eigenvalue weighted by Gasteiger charge is -2.34. The standard InChI is InChI=1S/C20H29NO3/c1-17(2)13-7-9-20(11-13,15(17)22)16(23)24-21-14-10-12-6-8-19(14,5)18(12,3)4/h12-13H,6-11H2,1-5H3/b21-14+. The van der Waals surface area contributed by atoms with Crippen LogP contribution in [0.15, 0.2) is 5.16 Å². The molecule has 0 amide bonds. The molecule has 4 unspecified atom stereocenters. The van der Waals surface area contributed by atoms with Gasteiger partial charge in [0.05, 0.1) is 5.71 Å². The number of oxime groups is 1. The van der Waals surface area contributed by atoms with E-state index in [-0.39, 0.29) is 16.6 Å². The predicted molar refractivity (Wildman–Crippen MR) is 91.3 cm³/mol. The van der Waals surface area contributed by atoms with Crippen molar-refractivity contribution in [1.82, 2.24) is 0 Å². The van der Waals surface area contributed by atoms with Crippen LogP contribution in [0.2, 0.25) is 0 Å². The summed E-state index contributed by atoms with van der Waals surface area (Å²) in [6.45, 7) is 10.8. The Morgan fingerprint density at radius 1 is 1.08 bits per heavy atom. The first kappa shape index (κ1) is 16.3. The summed E-state index contributed by atoms with van der Waals surface area (Å²) in [6, 6.07) is 0. The van der Waals surface area contributed by atoms with Gasteiger partial charge < -0.3 is 4.84 Å². The molecule has 0 spiro atoms. The van der Waals surface area contributed by atoms with Crippen molar-refractivity contribution in [2.24, 2.45) is 38.7 Å². The molecule has 0 radical (unpaired) electrons. The molecule has 4 nitrogen and oxygen atoms in total. The first-order valence-corrected chi connectivity index (χ1v) is 9.39. The minimum Gasteiger partial charge on any atom is -0.317 e. The Bertz CT molecular complexity index is 662. The Hall–Kier alpha value is -1.19. The van der Waals surface area contributed by atoms with E-state index in [1.807, 2.05) is 13.8 Å². The molecule has 4 atom stereocenters. The molecule has 0 aromatic carbocycles. The molecule has 4 aliphatic carbocycles. The van der Waals surface area contributed by atoms with Gasteiger partial charge in [0.15, 0.2) is 5.78 Å². The number of nitrogens with zero attached hydrogens (tertiary/aromatic N) is 1. The average Bonchev–Trinajstić information content (AvgIpc) is 3.16. The van der Waals surface area contributed by atoms with Gasteiger partial charge in [-0.15, -0.1) is 0 Å². The Balaban J connectivity index is 1.56. The molecule has 4 bridgehead atoms. The predicted octanol–water partition coefficient (Wildman–Crippen LogP) is 4.13. The summed E-state index contributed by atoms with van der Waals surface area (Å²) in [5.74, 6) is 0.596. The molecule has 0 heterocycles. The molecule has 0 saturated heterocycles. The Morgan fingerprint density at radius 3 is 2.25 bits per heavy atom. The second-order valence-corrected chi connectivity index (χ2v) is 9.98. The summed E-state index contributed by atoms with van der Waals surface area (Å²) in [6.07, 6.45) is 5.49. The van der Waals surface area contributed by atoms with Gasteiger partial charge in [-0.25, -0.2) is 4.79 Å². The van der Waals surface area contributed by atoms with Gasteiger partial charge in [0.25, 0.3) is 0 Å². The molecule has 4 heteroatoms. The van der Waals surface area contributed by atoms with Gasteiger partial charge in [-0.2, -0.15) is 0 Å². The number of carbonyl (C=O) groups is 2. The zero-order valence-electron chi connectivity index (χ0n) is 15.6. The molecule has 4 fully saturated rings. The van der Waals surface area contributed by atoms with E-state index in [4.69, 9.17) is 4.84 Å². The number of hydrogen-bond donors (Lipinski definition) is 0. The molecule has 4 aliphatic rings. The molecule has 4 rings (SSSR count). The quantitative estimate of drug-likeness (QED) is 0.434. The second-order valence-electron chi connectivity index (χ2n) is 9.98. The summed E-state index contributed by atoms with van der Waals surface area (Å²) < 4.78 is 0. The number of Topliss-reactive ketones (excluding diaryl/α,β-unsaturated/α-hetero) is 1. The topological polar surface area (TPSA) is 55.7 Å². The van der Waals surface area contributed by atoms with Gasteiger partial charge in [0.2, 0.25) is 0 Å². The first-order chi connectivity index (χ1) is 11.1. The summed E-state index contributed by atoms with van der Waals surface area (Å²) in [5, 5.41) is 4.33. The maximum atomic E-state index is 12.8. The van der Waals surface area contributed by atoms with Crippen LogP contribution in [0.4, 0.5) is 0 Å². The van der Waals surface area contributed by atoms with Crippen molar-refractivity contribution in [1.29, 1.82) is 0 Å². The number of rotatable bonds is 2. The van der Waals surface area contributed by atoms with E-state index in [9.17, 15) is 9.59 Å². The number of carbonyl (C=O) groups excluding carboxylic acids is 2. The van der Waals surface area contributed by atoms with Crippen molar-refractivity contribution < 1.29 is 14.4 Å². The molecule has 132 valence electrons. The normalized spacial score (nSPS) is 46.0. The van der Waals surface area contributed by atoms with Crippen LogP contribution < -0.4 is 0 Å². The van der Waals surface area contributed by atoms with Gasteiger partial charge in [-0.1, -0.05) is 39.8 Å². The maximum absolute atomic E-state index is 12.8. The molecule has 4 saturated carbocycles. The Labute approximate surface area is 144 Å². The fourth-order valence-corrected chi connectivity index (χ4v) is 6.20. The SMILES string of the molecule is CC1(C)C(=O)C2(C(=O)O/N=C3\CC4CCC3(C)C4(C)C)CCC1C2. The minimum absolute atomic E-state index is 0.0206. The van der Waals surface area contributed by atoms with Crippen molar-refractivity contribution in [3.63, 3.8) is 0 Å². The molecule has 24 heavy (non-hydrogen) atoms. The van der Waals surface area contributed by atoms with Crippen LogP contribution in [-0.4, -0.2) is 17.5 Å². The van der Waals surface area contributed by atoms with E-state index in [0.717, 1.165) is 25.0 Å². The summed E-state index contributed by atoms with van der Waals surface area (Å²) in [4.78, 5) is 31.0. The fourth-order valence-electron chi connectivity index (χ4n) is 6.20. The third kappa shape index (κ3) is 1.68. The average molecular weight is 331 g/mol. The van der Waals surface area contributed by atoms with Crippen LogP contribution in [0.1, 0.15) is 73.1 Å². The second kappa shape index (κ2) is 4.50. The van der Waals surface area contributed by atoms with E-state index in [1.54, 1.807) is 0 Å². The molecule has 0 aromatic rings. The van der Waals surface area contributed by atoms with Crippen LogP contribution in [0.3, 0.4) is 0 Å². The van der Waals surface area contributed by atoms with Crippen LogP contribution in [0.5, 0.6) is 0 Å². The smallest absolute Gasteiger partial charge is 0.317 e. The fraction of sp³-hybridized carbons (Fsp3) is 0.850. The molecule has 0 N–H and O–H groups in total. The van der Waals surface area contributed by atoms with E-state index in [0.29, 0.717) is 24.7 Å². The zero-order valence-corrected chi connectivity index (χ0v) is 15.6. The molecular formula is C20H29NO3. The van der Waals surface area contributed by atoms with Crippen LogP contribution in [-0.2, 0) is 14.4 Å². The summed E-state index contributed by atoms with van der Waals surface area (Å²) >= 11 is 0. The molecule has 0 aromatic heterocycles. The van der Waals surface area contributed by atoms with Gasteiger partial charge in [-0.3, -0.25) is 4.79 Å². The highest BCUT2D eigenvalue weighted by Crippen LogP contribution is 2.64. The van der Waals surface area contributed by atoms with Gasteiger partial charge in [-0.05, 0) is 55.8 Å². The van der Waals surface area contributed by atoms with E-state index in [1.165, 1.54) is 6.42 Å². The molecule has 0 aliphatic heterocycles. The van der Waals surface area contributed by atoms with Crippen LogP contribution in [0.25, 0.3) is 0 Å². The van der Waals surface area contributed by atoms with E-state index >= 15 is 0 Å². The van der Waals surface area contributed by atoms with Crippen molar-refractivity contribution in [2.75, 3.05) is 0 Å². The lowest BCUT2D eigenvalue weighted by Crippen LogP contribution is -2.42. The van der Waals surface area contributed by atoms with Gasteiger partial charge in [0, 0.05) is 10.8 Å². The third-order valence-electron chi connectivity index (χ3n) is 8.70. The van der Waals surface area contributed by atoms with Crippen molar-refractivity contribution >= 4 is 17.5 Å². The highest BCUT2D eigenvalue weighted by Gasteiger charge is 2.66. The van der Waals surface area contributed by atoms with Crippen LogP contribution in [0, 0.1) is 33.5 Å². The van der Waals surface area contributed by atoms with E-state index in [2.05, 4.69) is 25.9 Å². The third-order valence-corrected chi connectivity index (χ3v) is 8.70. The summed E-state index contributed by atoms with van der Waals surface area (Å²) in [5.41, 5.74) is -0.0722. The molecular weight excluding hydrogens is 302 g/mol. The Kier molecular flexibility index (Phi) is 3.05. The lowest BCUT2D eigenvalue weighted by molar-refractivity contribution is -0.161. The van der Waals surface area contributed by atoms with Crippen molar-refractivity contribution in [3.05, 3.63) is 0 Å². The van der Waals surface area contributed by atoms with E-state index < -0.39 is 16.8 Å². The minimum atomic E-state index is -0.924. The van der Waals surface area contributed by atoms with Crippen molar-refractivity contribution in [3.8, 4) is 0 Å². The maximum Gasteiger partial charge on any atom is 0.348 e. The highest BCUT2D eigenvalue weighted by atomic mass is 16.7. The van der Waals surface area contributed by atoms with Gasteiger partial charge >= 0.3 is 5.97 Å². The number of hydrogen-bond acceptors (Lipinski definition) is 4. The number of ketones is 1. The lowest BCUT2D eigenvalue weighted by atomic mass is 9.70. The summed E-state index contributed by atoms with van der Waals surface area (Å²) in [7, 11) is 0. The highest BCUT2D eigenvalue weighted by molar-refractivity contribution is 6.09. The van der Waals surface area contributed by atoms with Crippen molar-refractivity contribution in [2.45, 2.75) is 73.1 Å². The van der Waals surface area contributed by atoms with Gasteiger partial charge in [0.1, 0.15) is 5.41 Å².